The van der Waals surface area contributed by atoms with E-state index in [0.29, 0.717) is 17.1 Å². The number of esters is 1. The average Bonchev–Trinajstić information content (AvgIpc) is 2.57. The van der Waals surface area contributed by atoms with E-state index in [2.05, 4.69) is 8.92 Å². The molecular weight excluding hydrogens is 381 g/mol. The zero-order valence-electron chi connectivity index (χ0n) is 14.3. The molecule has 11 heteroatoms. The molecule has 0 amide bonds. The number of carbonyl (C=O) groups is 1. The maximum atomic E-state index is 12.5. The Morgan fingerprint density at radius 2 is 1.77 bits per heavy atom. The van der Waals surface area contributed by atoms with Crippen LogP contribution in [0.4, 0.5) is 13.2 Å². The Hall–Kier alpha value is -2.01. The minimum atomic E-state index is -5.93. The van der Waals surface area contributed by atoms with E-state index in [4.69, 9.17) is 9.47 Å². The number of alkyl halides is 3. The third-order valence-electron chi connectivity index (χ3n) is 3.22. The molecule has 0 heterocycles. The molecule has 0 aliphatic carbocycles. The number of hydrogen-bond acceptors (Lipinski definition) is 7. The van der Waals surface area contributed by atoms with Crippen LogP contribution in [0, 0.1) is 0 Å². The largest absolute Gasteiger partial charge is 0.523 e. The lowest BCUT2D eigenvalue weighted by Gasteiger charge is -2.17. The fourth-order valence-electron chi connectivity index (χ4n) is 1.98. The molecule has 26 heavy (non-hydrogen) atoms. The first-order chi connectivity index (χ1) is 12.1. The van der Waals surface area contributed by atoms with Crippen LogP contribution in [-0.2, 0) is 30.3 Å². The van der Waals surface area contributed by atoms with Gasteiger partial charge >= 0.3 is 21.6 Å². The molecular formula is C15H19F3O7S. The molecule has 1 aromatic carbocycles. The highest BCUT2D eigenvalue weighted by Crippen LogP contribution is 2.29. The Morgan fingerprint density at radius 1 is 1.15 bits per heavy atom. The van der Waals surface area contributed by atoms with Crippen LogP contribution in [0.1, 0.15) is 18.9 Å². The highest BCUT2D eigenvalue weighted by Gasteiger charge is 2.49. The summed E-state index contributed by atoms with van der Waals surface area (Å²) < 4.78 is 78.6. The Morgan fingerprint density at radius 3 is 2.27 bits per heavy atom. The standard InChI is InChI=1S/C15H19F3O7S/c1-4-24-14(19)12(25-26(20,21)15(16,17)18)8-6-10-5-7-11(22-2)13(9-10)23-3/h5,7,9,12H,4,6,8H2,1-3H3/t12-/m1/s1. The van der Waals surface area contributed by atoms with Gasteiger partial charge in [0, 0.05) is 0 Å². The van der Waals surface area contributed by atoms with Crippen molar-refractivity contribution in [3.8, 4) is 11.5 Å². The van der Waals surface area contributed by atoms with Crippen LogP contribution in [0.2, 0.25) is 0 Å². The number of ether oxygens (including phenoxy) is 3. The Balaban J connectivity index is 2.95. The quantitative estimate of drug-likeness (QED) is 0.357. The molecule has 1 rings (SSSR count). The molecule has 0 aliphatic heterocycles. The topological polar surface area (TPSA) is 88.1 Å². The smallest absolute Gasteiger partial charge is 0.493 e. The van der Waals surface area contributed by atoms with E-state index in [1.54, 1.807) is 18.2 Å². The third kappa shape index (κ3) is 5.77. The molecule has 0 saturated heterocycles. The molecule has 0 aliphatic rings. The van der Waals surface area contributed by atoms with E-state index in [1.807, 2.05) is 0 Å². The van der Waals surface area contributed by atoms with Crippen molar-refractivity contribution in [2.75, 3.05) is 20.8 Å². The maximum Gasteiger partial charge on any atom is 0.523 e. The first-order valence-electron chi connectivity index (χ1n) is 7.42. The fourth-order valence-corrected chi connectivity index (χ4v) is 2.57. The van der Waals surface area contributed by atoms with Crippen molar-refractivity contribution in [3.05, 3.63) is 23.8 Å². The molecule has 0 fully saturated rings. The van der Waals surface area contributed by atoms with Crippen molar-refractivity contribution in [1.82, 2.24) is 0 Å². The van der Waals surface area contributed by atoms with Gasteiger partial charge in [-0.1, -0.05) is 6.07 Å². The summed E-state index contributed by atoms with van der Waals surface area (Å²) in [6.07, 6.45) is -2.23. The summed E-state index contributed by atoms with van der Waals surface area (Å²) in [5, 5.41) is 0. The van der Waals surface area contributed by atoms with Crippen LogP contribution in [0.3, 0.4) is 0 Å². The van der Waals surface area contributed by atoms with Gasteiger partial charge in [0.25, 0.3) is 0 Å². The second-order valence-electron chi connectivity index (χ2n) is 4.96. The molecule has 0 radical (unpaired) electrons. The Kier molecular flexibility index (Phi) is 7.69. The lowest BCUT2D eigenvalue weighted by molar-refractivity contribution is -0.152. The molecule has 0 saturated carbocycles. The SMILES string of the molecule is CCOC(=O)[C@@H](CCc1ccc(OC)c(OC)c1)OS(=O)(=O)C(F)(F)F. The summed E-state index contributed by atoms with van der Waals surface area (Å²) in [6.45, 7) is 1.29. The summed E-state index contributed by atoms with van der Waals surface area (Å²) >= 11 is 0. The number of methoxy groups -OCH3 is 2. The Bertz CT molecular complexity index is 716. The molecule has 7 nitrogen and oxygen atoms in total. The van der Waals surface area contributed by atoms with Crippen LogP contribution < -0.4 is 9.47 Å². The minimum Gasteiger partial charge on any atom is -0.493 e. The highest BCUT2D eigenvalue weighted by atomic mass is 32.2. The van der Waals surface area contributed by atoms with Crippen molar-refractivity contribution >= 4 is 16.1 Å². The number of hydrogen-bond donors (Lipinski definition) is 0. The predicted molar refractivity (Wildman–Crippen MR) is 84.3 cm³/mol. The lowest BCUT2D eigenvalue weighted by Crippen LogP contribution is -2.35. The summed E-state index contributed by atoms with van der Waals surface area (Å²) in [5.74, 6) is -0.378. The van der Waals surface area contributed by atoms with Crippen LogP contribution in [0.25, 0.3) is 0 Å². The van der Waals surface area contributed by atoms with Gasteiger partial charge < -0.3 is 14.2 Å². The second-order valence-corrected chi connectivity index (χ2v) is 6.53. The summed E-state index contributed by atoms with van der Waals surface area (Å²) in [4.78, 5) is 11.8. The van der Waals surface area contributed by atoms with Crippen LogP contribution in [0.5, 0.6) is 11.5 Å². The van der Waals surface area contributed by atoms with E-state index in [-0.39, 0.29) is 19.4 Å². The molecule has 0 aromatic heterocycles. The summed E-state index contributed by atoms with van der Waals surface area (Å²) in [7, 11) is -3.09. The van der Waals surface area contributed by atoms with Crippen molar-refractivity contribution in [2.45, 2.75) is 31.4 Å². The van der Waals surface area contributed by atoms with Gasteiger partial charge in [0.2, 0.25) is 0 Å². The molecule has 0 spiro atoms. The molecule has 1 atom stereocenters. The maximum absolute atomic E-state index is 12.5. The lowest BCUT2D eigenvalue weighted by atomic mass is 10.1. The van der Waals surface area contributed by atoms with E-state index >= 15 is 0 Å². The van der Waals surface area contributed by atoms with Gasteiger partial charge in [-0.25, -0.2) is 8.98 Å². The molecule has 1 aromatic rings. The van der Waals surface area contributed by atoms with E-state index in [9.17, 15) is 26.4 Å². The number of benzene rings is 1. The van der Waals surface area contributed by atoms with Gasteiger partial charge in [0.05, 0.1) is 20.8 Å². The zero-order valence-corrected chi connectivity index (χ0v) is 15.1. The number of aryl methyl sites for hydroxylation is 1. The normalized spacial score (nSPS) is 13.2. The van der Waals surface area contributed by atoms with Crippen LogP contribution in [-0.4, -0.2) is 46.8 Å². The predicted octanol–water partition coefficient (Wildman–Crippen LogP) is 2.43. The Labute approximate surface area is 149 Å². The molecule has 0 N–H and O–H groups in total. The van der Waals surface area contributed by atoms with Gasteiger partial charge in [-0.2, -0.15) is 21.6 Å². The first kappa shape index (κ1) is 22.0. The molecule has 0 unspecified atom stereocenters. The van der Waals surface area contributed by atoms with Crippen molar-refractivity contribution in [2.24, 2.45) is 0 Å². The summed E-state index contributed by atoms with van der Waals surface area (Å²) in [6, 6.07) is 4.72. The number of carbonyl (C=O) groups excluding carboxylic acids is 1. The van der Waals surface area contributed by atoms with Gasteiger partial charge in [0.15, 0.2) is 17.6 Å². The van der Waals surface area contributed by atoms with Gasteiger partial charge in [-0.3, -0.25) is 0 Å². The zero-order chi connectivity index (χ0) is 20.0. The van der Waals surface area contributed by atoms with Gasteiger partial charge in [0.1, 0.15) is 0 Å². The monoisotopic (exact) mass is 400 g/mol. The fraction of sp³-hybridized carbons (Fsp3) is 0.533. The third-order valence-corrected chi connectivity index (χ3v) is 4.27. The van der Waals surface area contributed by atoms with Crippen molar-refractivity contribution < 1.29 is 44.8 Å². The van der Waals surface area contributed by atoms with Crippen molar-refractivity contribution in [1.29, 1.82) is 0 Å². The number of halogens is 3. The van der Waals surface area contributed by atoms with Crippen LogP contribution >= 0.6 is 0 Å². The van der Waals surface area contributed by atoms with E-state index < -0.39 is 27.7 Å². The van der Waals surface area contributed by atoms with E-state index in [0.717, 1.165) is 0 Å². The summed E-state index contributed by atoms with van der Waals surface area (Å²) in [5.41, 5.74) is -5.06. The number of rotatable bonds is 9. The first-order valence-corrected chi connectivity index (χ1v) is 8.83. The highest BCUT2D eigenvalue weighted by molar-refractivity contribution is 7.87. The van der Waals surface area contributed by atoms with Gasteiger partial charge in [-0.15, -0.1) is 0 Å². The van der Waals surface area contributed by atoms with Crippen LogP contribution in [0.15, 0.2) is 18.2 Å². The molecule has 0 bridgehead atoms. The van der Waals surface area contributed by atoms with E-state index in [1.165, 1.54) is 21.1 Å². The second kappa shape index (κ2) is 9.08. The van der Waals surface area contributed by atoms with Crippen molar-refractivity contribution in [3.63, 3.8) is 0 Å². The van der Waals surface area contributed by atoms with Gasteiger partial charge in [-0.05, 0) is 37.5 Å². The average molecular weight is 400 g/mol. The minimum absolute atomic E-state index is 0.0389. The molecule has 148 valence electrons.